The highest BCUT2D eigenvalue weighted by molar-refractivity contribution is 5.99. The predicted octanol–water partition coefficient (Wildman–Crippen LogP) is 2.63. The van der Waals surface area contributed by atoms with E-state index in [1.165, 1.54) is 18.2 Å². The normalized spacial score (nSPS) is 10.7. The molecule has 0 aliphatic rings. The number of amides is 2. The molecule has 0 aliphatic heterocycles. The number of carbonyl (C=O) groups is 3. The number of benzene rings is 1. The van der Waals surface area contributed by atoms with Crippen molar-refractivity contribution in [2.24, 2.45) is 0 Å². The molecule has 0 aliphatic carbocycles. The molecule has 0 saturated heterocycles. The summed E-state index contributed by atoms with van der Waals surface area (Å²) in [5.41, 5.74) is 2.59. The first-order valence-electron chi connectivity index (χ1n) is 9.99. The number of aryl methyl sites for hydroxylation is 2. The number of rotatable bonds is 8. The minimum atomic E-state index is -0.600. The van der Waals surface area contributed by atoms with Gasteiger partial charge in [-0.25, -0.2) is 4.79 Å². The van der Waals surface area contributed by atoms with Crippen LogP contribution in [0.4, 0.5) is 0 Å². The number of nitrogens with zero attached hydrogens (tertiary/aromatic N) is 2. The van der Waals surface area contributed by atoms with E-state index in [2.05, 4.69) is 10.3 Å². The van der Waals surface area contributed by atoms with Gasteiger partial charge in [0.25, 0.3) is 5.91 Å². The lowest BCUT2D eigenvalue weighted by molar-refractivity contribution is -0.137. The summed E-state index contributed by atoms with van der Waals surface area (Å²) in [5.74, 6) is -0.814. The average Bonchev–Trinajstić information content (AvgIpc) is 3.29. The van der Waals surface area contributed by atoms with Gasteiger partial charge in [0.1, 0.15) is 5.76 Å². The van der Waals surface area contributed by atoms with Crippen molar-refractivity contribution < 1.29 is 23.5 Å². The second-order valence-corrected chi connectivity index (χ2v) is 7.11. The second-order valence-electron chi connectivity index (χ2n) is 7.11. The summed E-state index contributed by atoms with van der Waals surface area (Å²) < 4.78 is 10.4. The lowest BCUT2D eigenvalue weighted by Gasteiger charge is -2.17. The van der Waals surface area contributed by atoms with Crippen molar-refractivity contribution in [1.29, 1.82) is 0 Å². The lowest BCUT2D eigenvalue weighted by atomic mass is 10.0. The number of aromatic nitrogens is 1. The van der Waals surface area contributed by atoms with E-state index in [-0.39, 0.29) is 19.0 Å². The van der Waals surface area contributed by atoms with E-state index in [1.54, 1.807) is 12.1 Å². The van der Waals surface area contributed by atoms with Crippen molar-refractivity contribution in [2.45, 2.75) is 26.8 Å². The Morgan fingerprint density at radius 3 is 2.65 bits per heavy atom. The third-order valence-electron chi connectivity index (χ3n) is 4.94. The van der Waals surface area contributed by atoms with Crippen LogP contribution in [0.25, 0.3) is 10.9 Å². The number of ether oxygens (including phenoxy) is 1. The van der Waals surface area contributed by atoms with Gasteiger partial charge in [-0.1, -0.05) is 25.1 Å². The Hall–Kier alpha value is -3.68. The summed E-state index contributed by atoms with van der Waals surface area (Å²) in [6, 6.07) is 11.0. The topological polar surface area (TPSA) is 102 Å². The van der Waals surface area contributed by atoms with E-state index in [1.807, 2.05) is 38.1 Å². The molecule has 31 heavy (non-hydrogen) atoms. The van der Waals surface area contributed by atoms with Gasteiger partial charge >= 0.3 is 5.97 Å². The van der Waals surface area contributed by atoms with Crippen LogP contribution in [0.1, 0.15) is 34.3 Å². The Bertz CT molecular complexity index is 1090. The zero-order valence-corrected chi connectivity index (χ0v) is 17.8. The molecule has 0 spiro atoms. The van der Waals surface area contributed by atoms with Crippen molar-refractivity contribution in [2.75, 3.05) is 20.2 Å². The van der Waals surface area contributed by atoms with Crippen LogP contribution in [-0.2, 0) is 27.3 Å². The molecule has 8 nitrogen and oxygen atoms in total. The molecule has 0 bridgehead atoms. The second kappa shape index (κ2) is 9.88. The zero-order chi connectivity index (χ0) is 22.4. The Morgan fingerprint density at radius 1 is 1.16 bits per heavy atom. The van der Waals surface area contributed by atoms with Crippen molar-refractivity contribution in [3.8, 4) is 0 Å². The molecule has 3 rings (SSSR count). The number of hydrogen-bond acceptors (Lipinski definition) is 6. The first-order valence-corrected chi connectivity index (χ1v) is 9.99. The molecule has 0 radical (unpaired) electrons. The minimum absolute atomic E-state index is 0.159. The molecule has 3 aromatic rings. The highest BCUT2D eigenvalue weighted by Crippen LogP contribution is 2.24. The van der Waals surface area contributed by atoms with Gasteiger partial charge in [0.2, 0.25) is 5.91 Å². The van der Waals surface area contributed by atoms with Crippen LogP contribution < -0.4 is 5.32 Å². The molecule has 0 atom stereocenters. The number of nitrogens with one attached hydrogen (secondary N) is 1. The van der Waals surface area contributed by atoms with Crippen molar-refractivity contribution >= 4 is 28.7 Å². The third-order valence-corrected chi connectivity index (χ3v) is 4.94. The molecule has 162 valence electrons. The van der Waals surface area contributed by atoms with Crippen LogP contribution in [0.3, 0.4) is 0 Å². The number of para-hydroxylation sites is 1. The lowest BCUT2D eigenvalue weighted by Crippen LogP contribution is -2.40. The largest absolute Gasteiger partial charge is 0.467 e. The first kappa shape index (κ1) is 22.0. The van der Waals surface area contributed by atoms with Crippen LogP contribution in [0.5, 0.6) is 0 Å². The summed E-state index contributed by atoms with van der Waals surface area (Å²) in [5, 5.41) is 3.52. The van der Waals surface area contributed by atoms with Crippen LogP contribution in [0.2, 0.25) is 0 Å². The number of fused-ring (bicyclic) bond motifs is 1. The van der Waals surface area contributed by atoms with Gasteiger partial charge in [0, 0.05) is 12.4 Å². The predicted molar refractivity (Wildman–Crippen MR) is 114 cm³/mol. The number of furan rings is 1. The summed E-state index contributed by atoms with van der Waals surface area (Å²) in [7, 11) is 1.48. The van der Waals surface area contributed by atoms with E-state index in [0.29, 0.717) is 23.4 Å². The molecule has 8 heteroatoms. The molecular weight excluding hydrogens is 398 g/mol. The van der Waals surface area contributed by atoms with E-state index >= 15 is 0 Å². The number of hydrogen-bond donors (Lipinski definition) is 1. The molecule has 1 aromatic carbocycles. The summed E-state index contributed by atoms with van der Waals surface area (Å²) in [6.07, 6.45) is 2.07. The fraction of sp³-hybridized carbons (Fsp3) is 0.304. The van der Waals surface area contributed by atoms with Crippen molar-refractivity contribution in [3.05, 3.63) is 65.2 Å². The van der Waals surface area contributed by atoms with Gasteiger partial charge in [-0.05, 0) is 37.1 Å². The average molecular weight is 423 g/mol. The molecule has 0 fully saturated rings. The van der Waals surface area contributed by atoms with E-state index < -0.39 is 18.5 Å². The van der Waals surface area contributed by atoms with Gasteiger partial charge in [0.15, 0.2) is 6.61 Å². The minimum Gasteiger partial charge on any atom is -0.467 e. The molecule has 0 saturated carbocycles. The van der Waals surface area contributed by atoms with Crippen LogP contribution >= 0.6 is 0 Å². The molecular formula is C23H25N3O5. The van der Waals surface area contributed by atoms with Crippen LogP contribution in [0.15, 0.2) is 47.1 Å². The van der Waals surface area contributed by atoms with Gasteiger partial charge in [0.05, 0.1) is 36.1 Å². The highest BCUT2D eigenvalue weighted by Gasteiger charge is 2.21. The quantitative estimate of drug-likeness (QED) is 0.559. The Labute approximate surface area is 180 Å². The summed E-state index contributed by atoms with van der Waals surface area (Å²) in [6.45, 7) is 3.37. The van der Waals surface area contributed by atoms with Crippen molar-refractivity contribution in [1.82, 2.24) is 15.2 Å². The Kier molecular flexibility index (Phi) is 7.02. The summed E-state index contributed by atoms with van der Waals surface area (Å²) >= 11 is 0. The number of pyridine rings is 1. The maximum absolute atomic E-state index is 12.7. The first-order chi connectivity index (χ1) is 14.9. The monoisotopic (exact) mass is 423 g/mol. The standard InChI is InChI=1S/C23H25N3O5/c1-4-18-22(15(2)17-9-5-6-10-19(17)25-18)23(29)31-14-21(28)26(3)13-20(27)24-12-16-8-7-11-30-16/h5-11H,4,12-14H2,1-3H3,(H,24,27). The van der Waals surface area contributed by atoms with Crippen LogP contribution in [0, 0.1) is 6.92 Å². The SMILES string of the molecule is CCc1nc2ccccc2c(C)c1C(=O)OCC(=O)N(C)CC(=O)NCc1ccco1. The van der Waals surface area contributed by atoms with Gasteiger partial charge < -0.3 is 19.4 Å². The summed E-state index contributed by atoms with van der Waals surface area (Å²) in [4.78, 5) is 42.9. The molecule has 2 amide bonds. The molecule has 2 aromatic heterocycles. The smallest absolute Gasteiger partial charge is 0.340 e. The van der Waals surface area contributed by atoms with E-state index in [4.69, 9.17) is 9.15 Å². The number of esters is 1. The maximum atomic E-state index is 12.7. The zero-order valence-electron chi connectivity index (χ0n) is 17.8. The number of likely N-dealkylation sites (N-methyl/N-ethyl adjacent to an activating group) is 1. The van der Waals surface area contributed by atoms with Gasteiger partial charge in [-0.15, -0.1) is 0 Å². The molecule has 1 N–H and O–H groups in total. The van der Waals surface area contributed by atoms with Crippen molar-refractivity contribution in [3.63, 3.8) is 0 Å². The maximum Gasteiger partial charge on any atom is 0.340 e. The van der Waals surface area contributed by atoms with Crippen LogP contribution in [-0.4, -0.2) is 47.9 Å². The Balaban J connectivity index is 1.59. The Morgan fingerprint density at radius 2 is 1.94 bits per heavy atom. The molecule has 0 unspecified atom stereocenters. The number of carbonyl (C=O) groups excluding carboxylic acids is 3. The van der Waals surface area contributed by atoms with Gasteiger partial charge in [-0.2, -0.15) is 0 Å². The van der Waals surface area contributed by atoms with Gasteiger partial charge in [-0.3, -0.25) is 14.6 Å². The fourth-order valence-corrected chi connectivity index (χ4v) is 3.24. The van der Waals surface area contributed by atoms with E-state index in [9.17, 15) is 14.4 Å². The van der Waals surface area contributed by atoms with E-state index in [0.717, 1.165) is 16.5 Å². The fourth-order valence-electron chi connectivity index (χ4n) is 3.24. The highest BCUT2D eigenvalue weighted by atomic mass is 16.5. The third kappa shape index (κ3) is 5.28. The molecule has 2 heterocycles.